The average molecular weight is 174 g/mol. The first kappa shape index (κ1) is 6.41. The molecular formula is C7H6N6. The first-order valence-electron chi connectivity index (χ1n) is 3.78. The van der Waals surface area contributed by atoms with Gasteiger partial charge in [-0.05, 0) is 0 Å². The van der Waals surface area contributed by atoms with E-state index in [1.54, 1.807) is 6.20 Å². The Labute approximate surface area is 72.9 Å². The second kappa shape index (κ2) is 1.98. The number of aromatic nitrogens is 3. The predicted molar refractivity (Wildman–Crippen MR) is 48.2 cm³/mol. The quantitative estimate of drug-likeness (QED) is 0.524. The van der Waals surface area contributed by atoms with E-state index in [0.717, 1.165) is 16.6 Å². The molecule has 0 aliphatic carbocycles. The fourth-order valence-corrected chi connectivity index (χ4v) is 1.42. The van der Waals surface area contributed by atoms with Crippen LogP contribution in [-0.2, 0) is 0 Å². The molecule has 2 aromatic rings. The van der Waals surface area contributed by atoms with E-state index in [4.69, 9.17) is 5.73 Å². The summed E-state index contributed by atoms with van der Waals surface area (Å²) in [7, 11) is 0. The number of nitrogens with zero attached hydrogens (tertiary/aromatic N) is 3. The lowest BCUT2D eigenvalue weighted by molar-refractivity contribution is 1.16. The van der Waals surface area contributed by atoms with Crippen LogP contribution in [-0.4, -0.2) is 20.8 Å². The number of hydrogen-bond acceptors (Lipinski definition) is 5. The fraction of sp³-hybridized carbons (Fsp3) is 0. The van der Waals surface area contributed by atoms with E-state index in [0.29, 0.717) is 11.7 Å². The molecule has 6 heteroatoms. The van der Waals surface area contributed by atoms with Gasteiger partial charge >= 0.3 is 0 Å². The van der Waals surface area contributed by atoms with Crippen LogP contribution in [0.3, 0.4) is 0 Å². The van der Waals surface area contributed by atoms with E-state index >= 15 is 0 Å². The van der Waals surface area contributed by atoms with E-state index in [1.165, 1.54) is 6.33 Å². The van der Waals surface area contributed by atoms with Crippen molar-refractivity contribution in [3.05, 3.63) is 18.1 Å². The van der Waals surface area contributed by atoms with Gasteiger partial charge in [-0.15, -0.1) is 0 Å². The molecule has 3 heterocycles. The van der Waals surface area contributed by atoms with Crippen molar-refractivity contribution in [2.75, 3.05) is 5.43 Å². The normalized spacial score (nSPS) is 14.0. The summed E-state index contributed by atoms with van der Waals surface area (Å²) in [6, 6.07) is 0. The molecule has 0 aromatic carbocycles. The van der Waals surface area contributed by atoms with E-state index in [9.17, 15) is 0 Å². The van der Waals surface area contributed by atoms with Gasteiger partial charge in [-0.25, -0.2) is 9.97 Å². The second-order valence-electron chi connectivity index (χ2n) is 2.76. The van der Waals surface area contributed by atoms with Crippen LogP contribution in [0.5, 0.6) is 0 Å². The van der Waals surface area contributed by atoms with Gasteiger partial charge in [0, 0.05) is 11.8 Å². The molecule has 4 N–H and O–H groups in total. The molecular weight excluding hydrogens is 168 g/mol. The Kier molecular flexibility index (Phi) is 0.974. The largest absolute Gasteiger partial charge is 0.382 e. The molecule has 2 aromatic heterocycles. The lowest BCUT2D eigenvalue weighted by Gasteiger charge is -2.08. The zero-order valence-corrected chi connectivity index (χ0v) is 6.57. The van der Waals surface area contributed by atoms with Crippen LogP contribution < -0.4 is 11.2 Å². The average Bonchev–Trinajstić information content (AvgIpc) is 2.57. The zero-order chi connectivity index (χ0) is 8.84. The van der Waals surface area contributed by atoms with Crippen LogP contribution in [0, 0.1) is 0 Å². The van der Waals surface area contributed by atoms with Crippen LogP contribution in [0.1, 0.15) is 5.56 Å². The summed E-state index contributed by atoms with van der Waals surface area (Å²) in [5.74, 6) is 1.14. The van der Waals surface area contributed by atoms with Gasteiger partial charge in [0.25, 0.3) is 0 Å². The van der Waals surface area contributed by atoms with Gasteiger partial charge in [-0.3, -0.25) is 5.43 Å². The van der Waals surface area contributed by atoms with Gasteiger partial charge in [-0.1, -0.05) is 0 Å². The minimum Gasteiger partial charge on any atom is -0.382 e. The monoisotopic (exact) mass is 174 g/mol. The van der Waals surface area contributed by atoms with Crippen molar-refractivity contribution >= 4 is 22.7 Å². The molecule has 1 aliphatic rings. The molecule has 0 radical (unpaired) electrons. The van der Waals surface area contributed by atoms with Crippen molar-refractivity contribution in [2.24, 2.45) is 10.8 Å². The summed E-state index contributed by atoms with van der Waals surface area (Å²) in [4.78, 5) is 11.1. The van der Waals surface area contributed by atoms with Gasteiger partial charge in [0.15, 0.2) is 11.7 Å². The predicted octanol–water partition coefficient (Wildman–Crippen LogP) is 0.00370. The number of hydrogen-bond donors (Lipinski definition) is 3. The summed E-state index contributed by atoms with van der Waals surface area (Å²) in [6.45, 7) is 0. The SMILES string of the molecule is NC1=NNc2ncnc3[nH]cc1c23. The Balaban J connectivity index is 2.51. The maximum absolute atomic E-state index is 5.66. The van der Waals surface area contributed by atoms with Crippen LogP contribution in [0.4, 0.5) is 5.82 Å². The number of nitrogens with two attached hydrogens (primary N) is 1. The lowest BCUT2D eigenvalue weighted by atomic mass is 10.2. The first-order valence-corrected chi connectivity index (χ1v) is 3.78. The Morgan fingerprint density at radius 3 is 3.15 bits per heavy atom. The van der Waals surface area contributed by atoms with E-state index < -0.39 is 0 Å². The standard InChI is InChI=1S/C7H6N6/c8-5-3-1-9-6-4(3)7(13-12-5)11-2-10-6/h1-2H,(H2,8,12)(H2,9,10,11,13). The van der Waals surface area contributed by atoms with Crippen molar-refractivity contribution in [1.82, 2.24) is 15.0 Å². The molecule has 0 fully saturated rings. The summed E-state index contributed by atoms with van der Waals surface area (Å²) in [5.41, 5.74) is 10.0. The van der Waals surface area contributed by atoms with E-state index in [1.807, 2.05) is 0 Å². The van der Waals surface area contributed by atoms with Gasteiger partial charge in [0.2, 0.25) is 0 Å². The third kappa shape index (κ3) is 0.689. The highest BCUT2D eigenvalue weighted by molar-refractivity contribution is 6.13. The molecule has 0 saturated carbocycles. The summed E-state index contributed by atoms with van der Waals surface area (Å²) in [5, 5.41) is 4.80. The molecule has 64 valence electrons. The maximum atomic E-state index is 5.66. The highest BCUT2D eigenvalue weighted by atomic mass is 15.3. The molecule has 3 rings (SSSR count). The van der Waals surface area contributed by atoms with Crippen molar-refractivity contribution in [2.45, 2.75) is 0 Å². The summed E-state index contributed by atoms with van der Waals surface area (Å²) < 4.78 is 0. The van der Waals surface area contributed by atoms with E-state index in [-0.39, 0.29) is 0 Å². The Morgan fingerprint density at radius 1 is 1.31 bits per heavy atom. The molecule has 0 atom stereocenters. The molecule has 0 amide bonds. The molecule has 13 heavy (non-hydrogen) atoms. The third-order valence-corrected chi connectivity index (χ3v) is 2.03. The first-order chi connectivity index (χ1) is 6.36. The maximum Gasteiger partial charge on any atom is 0.159 e. The van der Waals surface area contributed by atoms with Gasteiger partial charge < -0.3 is 10.7 Å². The molecule has 0 saturated heterocycles. The number of amidine groups is 1. The number of rotatable bonds is 0. The highest BCUT2D eigenvalue weighted by Gasteiger charge is 2.16. The van der Waals surface area contributed by atoms with Crippen molar-refractivity contribution in [3.8, 4) is 0 Å². The van der Waals surface area contributed by atoms with Gasteiger partial charge in [0.05, 0.1) is 5.39 Å². The second-order valence-corrected chi connectivity index (χ2v) is 2.76. The van der Waals surface area contributed by atoms with Crippen LogP contribution in [0.2, 0.25) is 0 Å². The zero-order valence-electron chi connectivity index (χ0n) is 6.57. The highest BCUT2D eigenvalue weighted by Crippen LogP contribution is 2.25. The number of H-pyrrole nitrogens is 1. The van der Waals surface area contributed by atoms with Gasteiger partial charge in [0.1, 0.15) is 12.0 Å². The Morgan fingerprint density at radius 2 is 2.23 bits per heavy atom. The van der Waals surface area contributed by atoms with Crippen molar-refractivity contribution < 1.29 is 0 Å². The number of anilines is 1. The van der Waals surface area contributed by atoms with Crippen LogP contribution in [0.15, 0.2) is 17.6 Å². The van der Waals surface area contributed by atoms with Crippen LogP contribution >= 0.6 is 0 Å². The number of aromatic amines is 1. The van der Waals surface area contributed by atoms with Gasteiger partial charge in [-0.2, -0.15) is 5.10 Å². The minimum absolute atomic E-state index is 0.452. The third-order valence-electron chi connectivity index (χ3n) is 2.03. The number of nitrogens with one attached hydrogen (secondary N) is 2. The Hall–Kier alpha value is -2.11. The smallest absolute Gasteiger partial charge is 0.159 e. The van der Waals surface area contributed by atoms with Crippen molar-refractivity contribution in [1.29, 1.82) is 0 Å². The minimum atomic E-state index is 0.452. The topological polar surface area (TPSA) is 92.0 Å². The molecule has 0 spiro atoms. The molecule has 1 aliphatic heterocycles. The lowest BCUT2D eigenvalue weighted by Crippen LogP contribution is -2.18. The Bertz CT molecular complexity index is 511. The summed E-state index contributed by atoms with van der Waals surface area (Å²) in [6.07, 6.45) is 3.25. The van der Waals surface area contributed by atoms with Crippen molar-refractivity contribution in [3.63, 3.8) is 0 Å². The van der Waals surface area contributed by atoms with E-state index in [2.05, 4.69) is 25.5 Å². The number of hydrazone groups is 1. The summed E-state index contributed by atoms with van der Waals surface area (Å²) >= 11 is 0. The fourth-order valence-electron chi connectivity index (χ4n) is 1.42. The molecule has 6 nitrogen and oxygen atoms in total. The molecule has 0 bridgehead atoms. The van der Waals surface area contributed by atoms with Crippen LogP contribution in [0.25, 0.3) is 11.0 Å². The molecule has 0 unspecified atom stereocenters.